The van der Waals surface area contributed by atoms with Crippen molar-refractivity contribution in [2.75, 3.05) is 0 Å². The van der Waals surface area contributed by atoms with Gasteiger partial charge in [-0.15, -0.1) is 17.0 Å². The minimum absolute atomic E-state index is 0. The molecule has 0 atom stereocenters. The molecule has 1 aromatic carbocycles. The monoisotopic (exact) mass is 322 g/mol. The predicted octanol–water partition coefficient (Wildman–Crippen LogP) is 3.31. The number of nitrogens with zero attached hydrogens (tertiary/aromatic N) is 1. The van der Waals surface area contributed by atoms with Gasteiger partial charge in [-0.2, -0.15) is 0 Å². The molecule has 102 valence electrons. The zero-order chi connectivity index (χ0) is 13.3. The Morgan fingerprint density at radius 2 is 1.84 bits per heavy atom. The van der Waals surface area contributed by atoms with E-state index in [4.69, 9.17) is 5.41 Å². The second kappa shape index (κ2) is 5.70. The third-order valence-electron chi connectivity index (χ3n) is 3.08. The van der Waals surface area contributed by atoms with E-state index in [2.05, 4.69) is 0 Å². The Labute approximate surface area is 123 Å². The van der Waals surface area contributed by atoms with Crippen molar-refractivity contribution in [3.8, 4) is 0 Å². The molecule has 0 saturated heterocycles. The Morgan fingerprint density at radius 1 is 1.21 bits per heavy atom. The lowest BCUT2D eigenvalue weighted by atomic mass is 9.91. The summed E-state index contributed by atoms with van der Waals surface area (Å²) in [5, 5.41) is 9.23. The fourth-order valence-electron chi connectivity index (χ4n) is 1.82. The molecule has 1 N–H and O–H groups in total. The SMILES string of the molecule is Br.CC(C)(C)C(=O)Cn1ccc(=N)c2ccccc21. The molecule has 3 nitrogen and oxygen atoms in total. The predicted molar refractivity (Wildman–Crippen MR) is 82.6 cm³/mol. The van der Waals surface area contributed by atoms with Gasteiger partial charge in [-0.25, -0.2) is 0 Å². The molecular formula is C15H19BrN2O. The van der Waals surface area contributed by atoms with E-state index >= 15 is 0 Å². The first-order valence-electron chi connectivity index (χ1n) is 6.06. The number of nitrogens with one attached hydrogen (secondary N) is 1. The van der Waals surface area contributed by atoms with Crippen LogP contribution >= 0.6 is 17.0 Å². The van der Waals surface area contributed by atoms with Crippen LogP contribution < -0.4 is 5.36 Å². The van der Waals surface area contributed by atoms with Crippen molar-refractivity contribution in [3.63, 3.8) is 0 Å². The summed E-state index contributed by atoms with van der Waals surface area (Å²) < 4.78 is 1.92. The summed E-state index contributed by atoms with van der Waals surface area (Å²) in [5.74, 6) is 0.190. The Kier molecular flexibility index (Phi) is 4.69. The third kappa shape index (κ3) is 3.32. The molecule has 0 aliphatic carbocycles. The van der Waals surface area contributed by atoms with Gasteiger partial charge in [-0.05, 0) is 12.1 Å². The topological polar surface area (TPSA) is 45.9 Å². The number of hydrogen-bond donors (Lipinski definition) is 1. The minimum Gasteiger partial charge on any atom is -0.340 e. The normalized spacial score (nSPS) is 11.1. The Morgan fingerprint density at radius 3 is 2.47 bits per heavy atom. The number of para-hydroxylation sites is 1. The average molecular weight is 323 g/mol. The van der Waals surface area contributed by atoms with Gasteiger partial charge < -0.3 is 9.98 Å². The van der Waals surface area contributed by atoms with E-state index in [1.54, 1.807) is 6.07 Å². The maximum Gasteiger partial charge on any atom is 0.157 e. The molecule has 4 heteroatoms. The van der Waals surface area contributed by atoms with Crippen LogP contribution in [0.2, 0.25) is 0 Å². The van der Waals surface area contributed by atoms with Crippen LogP contribution in [0.15, 0.2) is 36.5 Å². The Balaban J connectivity index is 0.00000180. The van der Waals surface area contributed by atoms with Gasteiger partial charge in [-0.1, -0.05) is 39.0 Å². The van der Waals surface area contributed by atoms with Gasteiger partial charge in [0.2, 0.25) is 0 Å². The molecule has 1 heterocycles. The van der Waals surface area contributed by atoms with Gasteiger partial charge in [0.25, 0.3) is 0 Å². The summed E-state index contributed by atoms with van der Waals surface area (Å²) in [6.45, 7) is 6.13. The number of ketones is 1. The van der Waals surface area contributed by atoms with Gasteiger partial charge in [-0.3, -0.25) is 4.79 Å². The number of rotatable bonds is 2. The highest BCUT2D eigenvalue weighted by Gasteiger charge is 2.21. The smallest absolute Gasteiger partial charge is 0.157 e. The number of halogens is 1. The largest absolute Gasteiger partial charge is 0.340 e. The first-order valence-corrected chi connectivity index (χ1v) is 6.06. The zero-order valence-electron chi connectivity index (χ0n) is 11.4. The molecule has 0 unspecified atom stereocenters. The molecule has 2 aromatic rings. The fraction of sp³-hybridized carbons (Fsp3) is 0.333. The van der Waals surface area contributed by atoms with Gasteiger partial charge in [0.05, 0.1) is 17.4 Å². The number of aromatic nitrogens is 1. The van der Waals surface area contributed by atoms with E-state index in [1.165, 1.54) is 0 Å². The molecule has 2 rings (SSSR count). The fourth-order valence-corrected chi connectivity index (χ4v) is 1.82. The van der Waals surface area contributed by atoms with Crippen LogP contribution in [-0.2, 0) is 11.3 Å². The lowest BCUT2D eigenvalue weighted by Gasteiger charge is -2.18. The average Bonchev–Trinajstić information content (AvgIpc) is 2.32. The molecule has 1 aromatic heterocycles. The molecule has 0 saturated carbocycles. The number of fused-ring (bicyclic) bond motifs is 1. The molecule has 0 amide bonds. The van der Waals surface area contributed by atoms with Crippen LogP contribution in [0.25, 0.3) is 10.9 Å². The number of carbonyl (C=O) groups is 1. The summed E-state index contributed by atoms with van der Waals surface area (Å²) >= 11 is 0. The van der Waals surface area contributed by atoms with E-state index in [-0.39, 0.29) is 28.2 Å². The lowest BCUT2D eigenvalue weighted by Crippen LogP contribution is -2.25. The van der Waals surface area contributed by atoms with Crippen molar-refractivity contribution in [2.24, 2.45) is 5.41 Å². The molecule has 0 aliphatic heterocycles. The number of carbonyl (C=O) groups excluding carboxylic acids is 1. The summed E-state index contributed by atoms with van der Waals surface area (Å²) in [4.78, 5) is 12.1. The highest BCUT2D eigenvalue weighted by molar-refractivity contribution is 8.93. The maximum absolute atomic E-state index is 12.1. The molecule has 0 spiro atoms. The molecule has 0 aliphatic rings. The quantitative estimate of drug-likeness (QED) is 0.905. The van der Waals surface area contributed by atoms with Crippen LogP contribution in [0.4, 0.5) is 0 Å². The number of hydrogen-bond acceptors (Lipinski definition) is 2. The van der Waals surface area contributed by atoms with E-state index in [0.717, 1.165) is 10.9 Å². The number of Topliss-reactive ketones (excluding diaryl/α,β-unsaturated/α-hetero) is 1. The highest BCUT2D eigenvalue weighted by atomic mass is 79.9. The molecule has 0 bridgehead atoms. The Bertz CT molecular complexity index is 653. The summed E-state index contributed by atoms with van der Waals surface area (Å²) in [6, 6.07) is 9.44. The molecular weight excluding hydrogens is 304 g/mol. The first kappa shape index (κ1) is 15.6. The van der Waals surface area contributed by atoms with Crippen molar-refractivity contribution in [3.05, 3.63) is 41.9 Å². The van der Waals surface area contributed by atoms with Gasteiger partial charge in [0.1, 0.15) is 0 Å². The highest BCUT2D eigenvalue weighted by Crippen LogP contribution is 2.17. The minimum atomic E-state index is -0.340. The summed E-state index contributed by atoms with van der Waals surface area (Å²) in [5.41, 5.74) is 0.593. The van der Waals surface area contributed by atoms with Crippen LogP contribution in [0.5, 0.6) is 0 Å². The van der Waals surface area contributed by atoms with Crippen LogP contribution in [0, 0.1) is 10.8 Å². The van der Waals surface area contributed by atoms with Crippen LogP contribution in [0.3, 0.4) is 0 Å². The van der Waals surface area contributed by atoms with Crippen molar-refractivity contribution in [1.29, 1.82) is 5.41 Å². The van der Waals surface area contributed by atoms with Crippen molar-refractivity contribution < 1.29 is 4.79 Å². The first-order chi connectivity index (χ1) is 8.39. The second-order valence-corrected chi connectivity index (χ2v) is 5.55. The Hall–Kier alpha value is -1.42. The number of pyridine rings is 1. The van der Waals surface area contributed by atoms with Gasteiger partial charge in [0.15, 0.2) is 5.78 Å². The maximum atomic E-state index is 12.1. The molecule has 0 radical (unpaired) electrons. The van der Waals surface area contributed by atoms with E-state index in [9.17, 15) is 4.79 Å². The van der Waals surface area contributed by atoms with Crippen LogP contribution in [-0.4, -0.2) is 10.4 Å². The standard InChI is InChI=1S/C15H18N2O.BrH/c1-15(2,3)14(18)10-17-9-8-12(16)11-6-4-5-7-13(11)17;/h4-9,16H,10H2,1-3H3;1H. The molecule has 0 fully saturated rings. The third-order valence-corrected chi connectivity index (χ3v) is 3.08. The van der Waals surface area contributed by atoms with Crippen molar-refractivity contribution >= 4 is 33.7 Å². The lowest BCUT2D eigenvalue weighted by molar-refractivity contribution is -0.126. The number of benzene rings is 1. The van der Waals surface area contributed by atoms with E-state index in [0.29, 0.717) is 11.9 Å². The zero-order valence-corrected chi connectivity index (χ0v) is 13.1. The molecule has 19 heavy (non-hydrogen) atoms. The van der Waals surface area contributed by atoms with Crippen LogP contribution in [0.1, 0.15) is 20.8 Å². The summed E-state index contributed by atoms with van der Waals surface area (Å²) in [6.07, 6.45) is 1.81. The van der Waals surface area contributed by atoms with Gasteiger partial charge in [0, 0.05) is 17.0 Å². The van der Waals surface area contributed by atoms with Crippen molar-refractivity contribution in [1.82, 2.24) is 4.57 Å². The van der Waals surface area contributed by atoms with Gasteiger partial charge >= 0.3 is 0 Å². The second-order valence-electron chi connectivity index (χ2n) is 5.55. The summed E-state index contributed by atoms with van der Waals surface area (Å²) in [7, 11) is 0. The van der Waals surface area contributed by atoms with E-state index < -0.39 is 0 Å². The van der Waals surface area contributed by atoms with Crippen molar-refractivity contribution in [2.45, 2.75) is 27.3 Å². The van der Waals surface area contributed by atoms with E-state index in [1.807, 2.05) is 55.8 Å².